The molecule has 5 heteroatoms. The fourth-order valence-corrected chi connectivity index (χ4v) is 3.81. The maximum Gasteiger partial charge on any atom is 0.226 e. The van der Waals surface area contributed by atoms with E-state index in [2.05, 4.69) is 29.2 Å². The van der Waals surface area contributed by atoms with Gasteiger partial charge >= 0.3 is 0 Å². The van der Waals surface area contributed by atoms with Gasteiger partial charge in [0.2, 0.25) is 5.91 Å². The Labute approximate surface area is 159 Å². The first-order chi connectivity index (χ1) is 13.1. The van der Waals surface area contributed by atoms with Crippen molar-refractivity contribution in [1.29, 1.82) is 0 Å². The number of halogens is 1. The zero-order valence-electron chi connectivity index (χ0n) is 15.6. The summed E-state index contributed by atoms with van der Waals surface area (Å²) < 4.78 is 18.5. The van der Waals surface area contributed by atoms with E-state index in [0.29, 0.717) is 6.54 Å². The van der Waals surface area contributed by atoms with E-state index in [0.717, 1.165) is 43.9 Å². The number of nitrogens with zero attached hydrogens (tertiary/aromatic N) is 2. The summed E-state index contributed by atoms with van der Waals surface area (Å²) in [5, 5.41) is 0. The van der Waals surface area contributed by atoms with Crippen LogP contribution in [0.4, 0.5) is 10.1 Å². The van der Waals surface area contributed by atoms with E-state index >= 15 is 0 Å². The van der Waals surface area contributed by atoms with Crippen LogP contribution in [0.25, 0.3) is 0 Å². The van der Waals surface area contributed by atoms with E-state index in [4.69, 9.17) is 4.74 Å². The van der Waals surface area contributed by atoms with Gasteiger partial charge in [0, 0.05) is 38.3 Å². The minimum absolute atomic E-state index is 0.0214. The van der Waals surface area contributed by atoms with Gasteiger partial charge in [0.05, 0.1) is 13.2 Å². The Kier molecular flexibility index (Phi) is 5.12. The van der Waals surface area contributed by atoms with Gasteiger partial charge in [0.15, 0.2) is 0 Å². The van der Waals surface area contributed by atoms with Crippen molar-refractivity contribution in [2.45, 2.75) is 18.9 Å². The molecule has 1 heterocycles. The fraction of sp³-hybridized carbons (Fsp3) is 0.409. The fourth-order valence-electron chi connectivity index (χ4n) is 3.81. The van der Waals surface area contributed by atoms with Crippen molar-refractivity contribution in [1.82, 2.24) is 4.90 Å². The zero-order chi connectivity index (χ0) is 18.8. The normalized spacial score (nSPS) is 21.8. The van der Waals surface area contributed by atoms with Gasteiger partial charge in [0.25, 0.3) is 0 Å². The number of benzene rings is 2. The molecule has 1 saturated heterocycles. The molecule has 0 N–H and O–H groups in total. The summed E-state index contributed by atoms with van der Waals surface area (Å²) in [6, 6.07) is 15.0. The SMILES string of the molecule is CN(Cc1ccc(N2CCOCC2)cc1)C(=O)C1CC1c1ccc(F)cc1. The third kappa shape index (κ3) is 4.14. The second-order valence-electron chi connectivity index (χ2n) is 7.46. The lowest BCUT2D eigenvalue weighted by Crippen LogP contribution is -2.36. The monoisotopic (exact) mass is 368 g/mol. The first kappa shape index (κ1) is 18.0. The van der Waals surface area contributed by atoms with E-state index in [9.17, 15) is 9.18 Å². The summed E-state index contributed by atoms with van der Waals surface area (Å²) in [6.45, 7) is 3.99. The summed E-state index contributed by atoms with van der Waals surface area (Å²) in [6.07, 6.45) is 0.852. The minimum Gasteiger partial charge on any atom is -0.378 e. The summed E-state index contributed by atoms with van der Waals surface area (Å²) in [5.74, 6) is 0.179. The second kappa shape index (κ2) is 7.69. The number of carbonyl (C=O) groups excluding carboxylic acids is 1. The second-order valence-corrected chi connectivity index (χ2v) is 7.46. The van der Waals surface area contributed by atoms with Crippen molar-refractivity contribution in [3.8, 4) is 0 Å². The third-order valence-electron chi connectivity index (χ3n) is 5.51. The average Bonchev–Trinajstić information content (AvgIpc) is 3.50. The van der Waals surface area contributed by atoms with Gasteiger partial charge in [-0.05, 0) is 47.7 Å². The van der Waals surface area contributed by atoms with Crippen LogP contribution < -0.4 is 4.90 Å². The molecule has 0 aromatic heterocycles. The van der Waals surface area contributed by atoms with Crippen LogP contribution in [0.5, 0.6) is 0 Å². The highest BCUT2D eigenvalue weighted by molar-refractivity contribution is 5.82. The number of hydrogen-bond acceptors (Lipinski definition) is 3. The Balaban J connectivity index is 1.33. The lowest BCUT2D eigenvalue weighted by atomic mass is 10.1. The highest BCUT2D eigenvalue weighted by Crippen LogP contribution is 2.48. The Morgan fingerprint density at radius 3 is 2.44 bits per heavy atom. The van der Waals surface area contributed by atoms with Gasteiger partial charge in [-0.3, -0.25) is 4.79 Å². The lowest BCUT2D eigenvalue weighted by molar-refractivity contribution is -0.131. The topological polar surface area (TPSA) is 32.8 Å². The Hall–Kier alpha value is -2.40. The molecular formula is C22H25FN2O2. The van der Waals surface area contributed by atoms with Crippen LogP contribution in [0.15, 0.2) is 48.5 Å². The van der Waals surface area contributed by atoms with Crippen LogP contribution in [0.1, 0.15) is 23.5 Å². The van der Waals surface area contributed by atoms with Crippen LogP contribution >= 0.6 is 0 Å². The first-order valence-corrected chi connectivity index (χ1v) is 9.54. The molecule has 1 aliphatic carbocycles. The van der Waals surface area contributed by atoms with Crippen LogP contribution in [0.3, 0.4) is 0 Å². The summed E-state index contributed by atoms with van der Waals surface area (Å²) in [5.41, 5.74) is 3.38. The van der Waals surface area contributed by atoms with Crippen molar-refractivity contribution in [2.75, 3.05) is 38.3 Å². The third-order valence-corrected chi connectivity index (χ3v) is 5.51. The van der Waals surface area contributed by atoms with Crippen LogP contribution in [0.2, 0.25) is 0 Å². The Morgan fingerprint density at radius 2 is 1.78 bits per heavy atom. The maximum atomic E-state index is 13.1. The Morgan fingerprint density at radius 1 is 1.11 bits per heavy atom. The molecule has 0 bridgehead atoms. The molecule has 2 aromatic carbocycles. The average molecular weight is 368 g/mol. The predicted molar refractivity (Wildman–Crippen MR) is 103 cm³/mol. The molecule has 2 fully saturated rings. The summed E-state index contributed by atoms with van der Waals surface area (Å²) in [7, 11) is 1.86. The molecule has 0 radical (unpaired) electrons. The van der Waals surface area contributed by atoms with E-state index in [-0.39, 0.29) is 23.6 Å². The van der Waals surface area contributed by atoms with Gasteiger partial charge in [0.1, 0.15) is 5.82 Å². The molecule has 27 heavy (non-hydrogen) atoms. The predicted octanol–water partition coefficient (Wildman–Crippen LogP) is 3.42. The molecule has 0 spiro atoms. The van der Waals surface area contributed by atoms with Crippen molar-refractivity contribution < 1.29 is 13.9 Å². The molecule has 4 nitrogen and oxygen atoms in total. The number of morpholine rings is 1. The van der Waals surface area contributed by atoms with Crippen molar-refractivity contribution >= 4 is 11.6 Å². The molecule has 1 amide bonds. The highest BCUT2D eigenvalue weighted by atomic mass is 19.1. The molecule has 142 valence electrons. The minimum atomic E-state index is -0.236. The Bertz CT molecular complexity index is 785. The van der Waals surface area contributed by atoms with Crippen LogP contribution in [-0.2, 0) is 16.1 Å². The van der Waals surface area contributed by atoms with Gasteiger partial charge in [-0.15, -0.1) is 0 Å². The standard InChI is InChI=1S/C22H25FN2O2/c1-24(22(26)21-14-20(21)17-4-6-18(23)7-5-17)15-16-2-8-19(9-3-16)25-10-12-27-13-11-25/h2-9,20-21H,10-15H2,1H3. The van der Waals surface area contributed by atoms with Crippen molar-refractivity contribution in [3.63, 3.8) is 0 Å². The molecule has 2 atom stereocenters. The van der Waals surface area contributed by atoms with Crippen molar-refractivity contribution in [3.05, 3.63) is 65.5 Å². The number of hydrogen-bond donors (Lipinski definition) is 0. The highest BCUT2D eigenvalue weighted by Gasteiger charge is 2.45. The quantitative estimate of drug-likeness (QED) is 0.811. The van der Waals surface area contributed by atoms with Crippen LogP contribution in [-0.4, -0.2) is 44.2 Å². The zero-order valence-corrected chi connectivity index (χ0v) is 15.6. The van der Waals surface area contributed by atoms with Gasteiger partial charge in [-0.25, -0.2) is 4.39 Å². The van der Waals surface area contributed by atoms with E-state index in [1.807, 2.05) is 7.05 Å². The largest absolute Gasteiger partial charge is 0.378 e. The molecule has 4 rings (SSSR count). The van der Waals surface area contributed by atoms with Gasteiger partial charge < -0.3 is 14.5 Å². The lowest BCUT2D eigenvalue weighted by Gasteiger charge is -2.29. The summed E-state index contributed by atoms with van der Waals surface area (Å²) >= 11 is 0. The molecule has 1 saturated carbocycles. The van der Waals surface area contributed by atoms with E-state index < -0.39 is 0 Å². The molecule has 2 unspecified atom stereocenters. The van der Waals surface area contributed by atoms with E-state index in [1.54, 1.807) is 17.0 Å². The van der Waals surface area contributed by atoms with Gasteiger partial charge in [-0.1, -0.05) is 24.3 Å². The maximum absolute atomic E-state index is 13.1. The number of rotatable bonds is 5. The number of anilines is 1. The number of ether oxygens (including phenoxy) is 1. The molecule has 2 aliphatic rings. The molecule has 2 aromatic rings. The van der Waals surface area contributed by atoms with Gasteiger partial charge in [-0.2, -0.15) is 0 Å². The molecule has 1 aliphatic heterocycles. The smallest absolute Gasteiger partial charge is 0.226 e. The summed E-state index contributed by atoms with van der Waals surface area (Å²) in [4.78, 5) is 16.8. The van der Waals surface area contributed by atoms with Crippen molar-refractivity contribution in [2.24, 2.45) is 5.92 Å². The molecular weight excluding hydrogens is 343 g/mol. The van der Waals surface area contributed by atoms with E-state index in [1.165, 1.54) is 17.8 Å². The number of carbonyl (C=O) groups is 1. The van der Waals surface area contributed by atoms with Crippen LogP contribution in [0, 0.1) is 11.7 Å². The first-order valence-electron chi connectivity index (χ1n) is 9.54. The number of amides is 1.